The lowest BCUT2D eigenvalue weighted by atomic mass is 9.83. The average Bonchev–Trinajstić information content (AvgIpc) is 2.47. The first-order valence-corrected chi connectivity index (χ1v) is 8.54. The normalized spacial score (nSPS) is 28.5. The van der Waals surface area contributed by atoms with Crippen LogP contribution in [0, 0.1) is 17.8 Å². The van der Waals surface area contributed by atoms with Crippen LogP contribution in [0.4, 0.5) is 0 Å². The number of rotatable bonds is 4. The first-order valence-electron chi connectivity index (χ1n) is 8.54. The third-order valence-corrected chi connectivity index (χ3v) is 5.53. The van der Waals surface area contributed by atoms with Crippen molar-refractivity contribution in [2.75, 3.05) is 20.1 Å². The second kappa shape index (κ2) is 8.99. The van der Waals surface area contributed by atoms with E-state index in [1.54, 1.807) is 0 Å². The van der Waals surface area contributed by atoms with Gasteiger partial charge in [-0.05, 0) is 56.5 Å². The molecule has 1 saturated carbocycles. The molecular weight excluding hydrogens is 284 g/mol. The molecule has 1 aliphatic carbocycles. The van der Waals surface area contributed by atoms with Crippen LogP contribution in [0.3, 0.4) is 0 Å². The van der Waals surface area contributed by atoms with Gasteiger partial charge in [-0.3, -0.25) is 4.79 Å². The Labute approximate surface area is 136 Å². The molecule has 0 aromatic heterocycles. The third-order valence-electron chi connectivity index (χ3n) is 5.53. The highest BCUT2D eigenvalue weighted by Crippen LogP contribution is 2.29. The molecule has 0 bridgehead atoms. The second-order valence-electron chi connectivity index (χ2n) is 7.20. The topological polar surface area (TPSA) is 32.3 Å². The number of halogens is 1. The molecule has 1 amide bonds. The Hall–Kier alpha value is -0.280. The summed E-state index contributed by atoms with van der Waals surface area (Å²) in [6.45, 7) is 6.84. The van der Waals surface area contributed by atoms with Crippen LogP contribution in [0.15, 0.2) is 0 Å². The lowest BCUT2D eigenvalue weighted by Crippen LogP contribution is -2.41. The maximum absolute atomic E-state index is 12.5. The van der Waals surface area contributed by atoms with E-state index in [-0.39, 0.29) is 12.4 Å². The molecule has 2 rings (SSSR count). The molecule has 3 atom stereocenters. The molecule has 2 aliphatic rings. The van der Waals surface area contributed by atoms with Gasteiger partial charge in [-0.1, -0.05) is 26.7 Å². The minimum Gasteiger partial charge on any atom is -0.343 e. The Morgan fingerprint density at radius 3 is 2.52 bits per heavy atom. The lowest BCUT2D eigenvalue weighted by molar-refractivity contribution is -0.134. The van der Waals surface area contributed by atoms with E-state index in [4.69, 9.17) is 0 Å². The number of carbonyl (C=O) groups excluding carboxylic acids is 1. The summed E-state index contributed by atoms with van der Waals surface area (Å²) in [7, 11) is 2.03. The fourth-order valence-corrected chi connectivity index (χ4v) is 3.96. The summed E-state index contributed by atoms with van der Waals surface area (Å²) in [5, 5.41) is 3.41. The molecule has 1 aliphatic heterocycles. The lowest BCUT2D eigenvalue weighted by Gasteiger charge is -2.35. The van der Waals surface area contributed by atoms with Crippen molar-refractivity contribution in [3.05, 3.63) is 0 Å². The Morgan fingerprint density at radius 2 is 1.90 bits per heavy atom. The molecule has 0 aromatic rings. The largest absolute Gasteiger partial charge is 0.343 e. The highest BCUT2D eigenvalue weighted by atomic mass is 35.5. The molecule has 3 nitrogen and oxygen atoms in total. The summed E-state index contributed by atoms with van der Waals surface area (Å²) in [4.78, 5) is 14.6. The molecule has 0 radical (unpaired) electrons. The molecule has 4 heteroatoms. The number of nitrogens with one attached hydrogen (secondary N) is 1. The number of hydrogen-bond donors (Lipinski definition) is 1. The maximum atomic E-state index is 12.5. The van der Waals surface area contributed by atoms with Crippen molar-refractivity contribution < 1.29 is 4.79 Å². The van der Waals surface area contributed by atoms with Crippen LogP contribution in [0.2, 0.25) is 0 Å². The molecule has 21 heavy (non-hydrogen) atoms. The monoisotopic (exact) mass is 316 g/mol. The van der Waals surface area contributed by atoms with Crippen molar-refractivity contribution in [1.82, 2.24) is 10.2 Å². The fraction of sp³-hybridized carbons (Fsp3) is 0.941. The van der Waals surface area contributed by atoms with Gasteiger partial charge in [0.15, 0.2) is 0 Å². The van der Waals surface area contributed by atoms with E-state index >= 15 is 0 Å². The quantitative estimate of drug-likeness (QED) is 0.861. The molecule has 1 heterocycles. The number of nitrogens with zero attached hydrogens (tertiary/aromatic N) is 1. The minimum atomic E-state index is 0. The predicted octanol–water partition coefficient (Wildman–Crippen LogP) is 3.47. The zero-order chi connectivity index (χ0) is 14.5. The molecule has 1 saturated heterocycles. The first kappa shape index (κ1) is 18.8. The summed E-state index contributed by atoms with van der Waals surface area (Å²) in [5.74, 6) is 2.42. The number of piperidine rings is 1. The molecular formula is C17H33ClN2O. The van der Waals surface area contributed by atoms with Gasteiger partial charge in [0.25, 0.3) is 0 Å². The predicted molar refractivity (Wildman–Crippen MR) is 90.8 cm³/mol. The van der Waals surface area contributed by atoms with Crippen molar-refractivity contribution in [2.24, 2.45) is 17.8 Å². The standard InChI is InChI=1S/C17H32N2O.ClH/c1-13-5-4-6-16(11-13)19(3)17(20)12-14(2)15-7-9-18-10-8-15;/h13-16,18H,4-12H2,1-3H3;1H. The summed E-state index contributed by atoms with van der Waals surface area (Å²) >= 11 is 0. The number of carbonyl (C=O) groups is 1. The van der Waals surface area contributed by atoms with Crippen molar-refractivity contribution >= 4 is 18.3 Å². The van der Waals surface area contributed by atoms with E-state index in [1.807, 2.05) is 7.05 Å². The van der Waals surface area contributed by atoms with Gasteiger partial charge in [0, 0.05) is 19.5 Å². The van der Waals surface area contributed by atoms with Crippen molar-refractivity contribution in [3.63, 3.8) is 0 Å². The third kappa shape index (κ3) is 5.45. The van der Waals surface area contributed by atoms with Crippen LogP contribution in [0.5, 0.6) is 0 Å². The minimum absolute atomic E-state index is 0. The Morgan fingerprint density at radius 1 is 1.24 bits per heavy atom. The first-order chi connectivity index (χ1) is 9.58. The van der Waals surface area contributed by atoms with E-state index in [0.717, 1.165) is 31.3 Å². The summed E-state index contributed by atoms with van der Waals surface area (Å²) in [5.41, 5.74) is 0. The average molecular weight is 317 g/mol. The molecule has 0 aromatic carbocycles. The van der Waals surface area contributed by atoms with Gasteiger partial charge < -0.3 is 10.2 Å². The van der Waals surface area contributed by atoms with Gasteiger partial charge in [0.2, 0.25) is 5.91 Å². The SMILES string of the molecule is CC1CCCC(N(C)C(=O)CC(C)C2CCNCC2)C1.Cl. The summed E-state index contributed by atoms with van der Waals surface area (Å²) in [6.07, 6.45) is 8.24. The van der Waals surface area contributed by atoms with Gasteiger partial charge in [0.05, 0.1) is 0 Å². The van der Waals surface area contributed by atoms with Crippen molar-refractivity contribution in [2.45, 2.75) is 64.8 Å². The smallest absolute Gasteiger partial charge is 0.222 e. The van der Waals surface area contributed by atoms with Crippen LogP contribution in [-0.2, 0) is 4.79 Å². The Bertz CT molecular complexity index is 318. The molecule has 1 N–H and O–H groups in total. The van der Waals surface area contributed by atoms with Crippen LogP contribution >= 0.6 is 12.4 Å². The van der Waals surface area contributed by atoms with Crippen molar-refractivity contribution in [1.29, 1.82) is 0 Å². The van der Waals surface area contributed by atoms with E-state index in [1.165, 1.54) is 38.5 Å². The van der Waals surface area contributed by atoms with Gasteiger partial charge in [0.1, 0.15) is 0 Å². The maximum Gasteiger partial charge on any atom is 0.222 e. The van der Waals surface area contributed by atoms with E-state index in [0.29, 0.717) is 17.9 Å². The van der Waals surface area contributed by atoms with Crippen LogP contribution in [0.1, 0.15) is 58.8 Å². The van der Waals surface area contributed by atoms with Gasteiger partial charge >= 0.3 is 0 Å². The zero-order valence-electron chi connectivity index (χ0n) is 13.9. The van der Waals surface area contributed by atoms with Gasteiger partial charge in [-0.2, -0.15) is 0 Å². The molecule has 124 valence electrons. The van der Waals surface area contributed by atoms with E-state index in [2.05, 4.69) is 24.1 Å². The second-order valence-corrected chi connectivity index (χ2v) is 7.20. The summed E-state index contributed by atoms with van der Waals surface area (Å²) in [6, 6.07) is 0.492. The van der Waals surface area contributed by atoms with Crippen LogP contribution < -0.4 is 5.32 Å². The van der Waals surface area contributed by atoms with Gasteiger partial charge in [-0.25, -0.2) is 0 Å². The summed E-state index contributed by atoms with van der Waals surface area (Å²) < 4.78 is 0. The van der Waals surface area contributed by atoms with Crippen LogP contribution in [0.25, 0.3) is 0 Å². The highest BCUT2D eigenvalue weighted by Gasteiger charge is 2.28. The molecule has 2 fully saturated rings. The number of amides is 1. The fourth-order valence-electron chi connectivity index (χ4n) is 3.96. The van der Waals surface area contributed by atoms with Gasteiger partial charge in [-0.15, -0.1) is 12.4 Å². The Kier molecular flexibility index (Phi) is 8.04. The van der Waals surface area contributed by atoms with E-state index in [9.17, 15) is 4.79 Å². The van der Waals surface area contributed by atoms with E-state index < -0.39 is 0 Å². The molecule has 3 unspecified atom stereocenters. The zero-order valence-corrected chi connectivity index (χ0v) is 14.8. The number of hydrogen-bond acceptors (Lipinski definition) is 2. The van der Waals surface area contributed by atoms with Crippen molar-refractivity contribution in [3.8, 4) is 0 Å². The Balaban J connectivity index is 0.00000220. The van der Waals surface area contributed by atoms with Crippen LogP contribution in [-0.4, -0.2) is 37.0 Å². The molecule has 0 spiro atoms. The highest BCUT2D eigenvalue weighted by molar-refractivity contribution is 5.85.